The quantitative estimate of drug-likeness (QED) is 0.924. The molecule has 1 aromatic rings. The molecule has 0 saturated carbocycles. The van der Waals surface area contributed by atoms with Gasteiger partial charge in [0.2, 0.25) is 0 Å². The highest BCUT2D eigenvalue weighted by molar-refractivity contribution is 6.32. The molecule has 1 N–H and O–H groups in total. The van der Waals surface area contributed by atoms with Gasteiger partial charge in [-0.1, -0.05) is 17.7 Å². The number of aromatic nitrogens is 2. The first-order chi connectivity index (χ1) is 10.8. The van der Waals surface area contributed by atoms with Crippen LogP contribution in [0, 0.1) is 5.92 Å². The van der Waals surface area contributed by atoms with Gasteiger partial charge in [0.1, 0.15) is 5.02 Å². The Balaban J connectivity index is 1.72. The Bertz CT molecular complexity index is 606. The molecule has 1 fully saturated rings. The first-order valence-electron chi connectivity index (χ1n) is 8.04. The molecule has 1 aromatic heterocycles. The number of hydrogen-bond acceptors (Lipinski definition) is 4. The summed E-state index contributed by atoms with van der Waals surface area (Å²) in [6, 6.07) is 0. The van der Waals surface area contributed by atoms with Crippen molar-refractivity contribution in [2.45, 2.75) is 38.5 Å². The van der Waals surface area contributed by atoms with E-state index in [9.17, 15) is 4.79 Å². The number of ether oxygens (including phenoxy) is 1. The molecule has 0 bridgehead atoms. The largest absolute Gasteiger partial charge is 0.382 e. The molecule has 3 rings (SSSR count). The maximum absolute atomic E-state index is 12.4. The lowest BCUT2D eigenvalue weighted by molar-refractivity contribution is 0.0595. The van der Waals surface area contributed by atoms with Gasteiger partial charge in [-0.05, 0) is 44.4 Å². The van der Waals surface area contributed by atoms with Crippen molar-refractivity contribution >= 4 is 23.0 Å². The number of hydrogen-bond donors (Lipinski definition) is 1. The lowest BCUT2D eigenvalue weighted by atomic mass is 10.0. The van der Waals surface area contributed by atoms with Crippen molar-refractivity contribution in [2.75, 3.05) is 25.1 Å². The van der Waals surface area contributed by atoms with Crippen molar-refractivity contribution in [1.82, 2.24) is 9.78 Å². The first kappa shape index (κ1) is 15.6. The molecule has 0 radical (unpaired) electrons. The topological polar surface area (TPSA) is 56.1 Å². The fourth-order valence-corrected chi connectivity index (χ4v) is 3.19. The second-order valence-electron chi connectivity index (χ2n) is 5.99. The monoisotopic (exact) mass is 323 g/mol. The second kappa shape index (κ2) is 7.29. The van der Waals surface area contributed by atoms with E-state index in [0.29, 0.717) is 11.6 Å². The highest BCUT2D eigenvalue weighted by Crippen LogP contribution is 2.22. The van der Waals surface area contributed by atoms with Gasteiger partial charge >= 0.3 is 0 Å². The second-order valence-corrected chi connectivity index (χ2v) is 6.37. The maximum atomic E-state index is 12.4. The van der Waals surface area contributed by atoms with Gasteiger partial charge in [0, 0.05) is 18.8 Å². The van der Waals surface area contributed by atoms with Gasteiger partial charge in [-0.15, -0.1) is 0 Å². The molecular formula is C16H22ClN3O2. The van der Waals surface area contributed by atoms with Gasteiger partial charge in [0.25, 0.3) is 5.56 Å². The molecule has 1 unspecified atom stereocenters. The summed E-state index contributed by atoms with van der Waals surface area (Å²) in [5, 5.41) is 7.75. The van der Waals surface area contributed by atoms with E-state index in [2.05, 4.69) is 16.5 Å². The Morgan fingerprint density at radius 3 is 3.05 bits per heavy atom. The Kier molecular flexibility index (Phi) is 5.16. The van der Waals surface area contributed by atoms with Crippen LogP contribution in [0.3, 0.4) is 0 Å². The van der Waals surface area contributed by atoms with Gasteiger partial charge < -0.3 is 10.1 Å². The molecule has 0 amide bonds. The summed E-state index contributed by atoms with van der Waals surface area (Å²) in [6.07, 6.45) is 10.1. The van der Waals surface area contributed by atoms with E-state index in [-0.39, 0.29) is 10.6 Å². The summed E-state index contributed by atoms with van der Waals surface area (Å²) in [4.78, 5) is 12.4. The molecule has 6 heteroatoms. The minimum Gasteiger partial charge on any atom is -0.382 e. The predicted octanol–water partition coefficient (Wildman–Crippen LogP) is 3.15. The third kappa shape index (κ3) is 3.52. The third-order valence-electron chi connectivity index (χ3n) is 4.29. The van der Waals surface area contributed by atoms with Crippen LogP contribution in [-0.2, 0) is 4.74 Å². The maximum Gasteiger partial charge on any atom is 0.292 e. The standard InChI is InChI=1S/C16H22ClN3O2/c17-15-14(18-9-12-5-4-8-22-11-12)10-19-20(16(15)21)13-6-2-1-3-7-13/h6,10,12,18H,1-5,7-9,11H2. The normalized spacial score (nSPS) is 22.2. The van der Waals surface area contributed by atoms with Crippen LogP contribution in [-0.4, -0.2) is 29.5 Å². The van der Waals surface area contributed by atoms with Crippen LogP contribution in [0.5, 0.6) is 0 Å². The number of nitrogens with one attached hydrogen (secondary N) is 1. The molecule has 1 aliphatic carbocycles. The Hall–Kier alpha value is -1.33. The van der Waals surface area contributed by atoms with Crippen LogP contribution >= 0.6 is 11.6 Å². The molecule has 22 heavy (non-hydrogen) atoms. The number of anilines is 1. The van der Waals surface area contributed by atoms with Crippen molar-refractivity contribution in [3.05, 3.63) is 27.6 Å². The number of nitrogens with zero attached hydrogens (tertiary/aromatic N) is 2. The van der Waals surface area contributed by atoms with Crippen LogP contribution < -0.4 is 10.9 Å². The number of allylic oxidation sites excluding steroid dienone is 2. The highest BCUT2D eigenvalue weighted by Gasteiger charge is 2.17. The molecule has 1 saturated heterocycles. The van der Waals surface area contributed by atoms with Crippen molar-refractivity contribution in [3.63, 3.8) is 0 Å². The van der Waals surface area contributed by atoms with E-state index in [1.807, 2.05) is 0 Å². The van der Waals surface area contributed by atoms with E-state index in [1.165, 1.54) is 11.1 Å². The van der Waals surface area contributed by atoms with Crippen molar-refractivity contribution in [2.24, 2.45) is 5.92 Å². The van der Waals surface area contributed by atoms with Gasteiger partial charge in [0.05, 0.1) is 18.5 Å². The summed E-state index contributed by atoms with van der Waals surface area (Å²) >= 11 is 6.24. The average Bonchev–Trinajstić information content (AvgIpc) is 2.58. The van der Waals surface area contributed by atoms with E-state index < -0.39 is 0 Å². The summed E-state index contributed by atoms with van der Waals surface area (Å²) in [5.41, 5.74) is 1.34. The molecule has 1 aliphatic heterocycles. The lowest BCUT2D eigenvalue weighted by Gasteiger charge is -2.23. The van der Waals surface area contributed by atoms with Gasteiger partial charge in [-0.2, -0.15) is 5.10 Å². The Labute approximate surface area is 135 Å². The average molecular weight is 324 g/mol. The van der Waals surface area contributed by atoms with E-state index >= 15 is 0 Å². The van der Waals surface area contributed by atoms with Gasteiger partial charge in [0.15, 0.2) is 0 Å². The van der Waals surface area contributed by atoms with Crippen molar-refractivity contribution in [3.8, 4) is 0 Å². The van der Waals surface area contributed by atoms with Gasteiger partial charge in [-0.3, -0.25) is 4.79 Å². The minimum absolute atomic E-state index is 0.221. The molecule has 2 aliphatic rings. The van der Waals surface area contributed by atoms with Crippen LogP contribution in [0.1, 0.15) is 38.5 Å². The fraction of sp³-hybridized carbons (Fsp3) is 0.625. The number of rotatable bonds is 4. The van der Waals surface area contributed by atoms with Crippen molar-refractivity contribution in [1.29, 1.82) is 0 Å². The van der Waals surface area contributed by atoms with Crippen LogP contribution in [0.15, 0.2) is 17.1 Å². The van der Waals surface area contributed by atoms with E-state index in [4.69, 9.17) is 16.3 Å². The molecule has 0 spiro atoms. The molecule has 5 nitrogen and oxygen atoms in total. The zero-order chi connectivity index (χ0) is 15.4. The summed E-state index contributed by atoms with van der Waals surface area (Å²) in [5.74, 6) is 0.466. The van der Waals surface area contributed by atoms with E-state index in [0.717, 1.165) is 57.6 Å². The first-order valence-corrected chi connectivity index (χ1v) is 8.42. The Morgan fingerprint density at radius 1 is 1.41 bits per heavy atom. The highest BCUT2D eigenvalue weighted by atomic mass is 35.5. The zero-order valence-electron chi connectivity index (χ0n) is 12.7. The molecule has 120 valence electrons. The van der Waals surface area contributed by atoms with Crippen LogP contribution in [0.2, 0.25) is 5.02 Å². The Morgan fingerprint density at radius 2 is 2.32 bits per heavy atom. The zero-order valence-corrected chi connectivity index (χ0v) is 13.4. The molecule has 2 heterocycles. The predicted molar refractivity (Wildman–Crippen MR) is 88.3 cm³/mol. The molecule has 0 aromatic carbocycles. The minimum atomic E-state index is -0.236. The molecular weight excluding hydrogens is 302 g/mol. The van der Waals surface area contributed by atoms with Crippen LogP contribution in [0.25, 0.3) is 5.70 Å². The lowest BCUT2D eigenvalue weighted by Crippen LogP contribution is -2.27. The SMILES string of the molecule is O=c1c(Cl)c(NCC2CCCOC2)cnn1C1=CCCCC1. The smallest absolute Gasteiger partial charge is 0.292 e. The number of halogens is 1. The summed E-state index contributed by atoms with van der Waals surface area (Å²) in [7, 11) is 0. The third-order valence-corrected chi connectivity index (χ3v) is 4.66. The molecule has 1 atom stereocenters. The van der Waals surface area contributed by atoms with Crippen molar-refractivity contribution < 1.29 is 4.74 Å². The van der Waals surface area contributed by atoms with Gasteiger partial charge in [-0.25, -0.2) is 4.68 Å². The van der Waals surface area contributed by atoms with E-state index in [1.54, 1.807) is 6.20 Å². The summed E-state index contributed by atoms with van der Waals surface area (Å²) in [6.45, 7) is 2.37. The van der Waals surface area contributed by atoms with Crippen LogP contribution in [0.4, 0.5) is 5.69 Å². The summed E-state index contributed by atoms with van der Waals surface area (Å²) < 4.78 is 6.90. The fourth-order valence-electron chi connectivity index (χ4n) is 3.00.